The fraction of sp³-hybridized carbons (Fsp3) is 0. The lowest BCUT2D eigenvalue weighted by Gasteiger charge is -2.11. The minimum atomic E-state index is 0.399. The van der Waals surface area contributed by atoms with Crippen LogP contribution in [0.15, 0.2) is 223 Å². The fourth-order valence-electron chi connectivity index (χ4n) is 8.48. The molecule has 0 saturated heterocycles. The number of hydrogen-bond donors (Lipinski definition) is 1. The van der Waals surface area contributed by atoms with Crippen molar-refractivity contribution in [1.82, 2.24) is 9.61 Å². The lowest BCUT2D eigenvalue weighted by atomic mass is 9.96. The van der Waals surface area contributed by atoms with Gasteiger partial charge in [-0.05, 0) is 51.4 Å². The molecular formula is C57H38N4S. The van der Waals surface area contributed by atoms with E-state index in [0.717, 1.165) is 72.2 Å². The topological polar surface area (TPSA) is 53.5 Å². The van der Waals surface area contributed by atoms with Crippen LogP contribution in [0.4, 0.5) is 0 Å². The van der Waals surface area contributed by atoms with E-state index >= 15 is 0 Å². The number of hydrogen-bond acceptors (Lipinski definition) is 4. The van der Waals surface area contributed by atoms with Gasteiger partial charge in [0.05, 0.1) is 22.6 Å². The molecule has 1 N–H and O–H groups in total. The minimum Gasteiger partial charge on any atom is -0.300 e. The number of nitrogens with one attached hydrogen (secondary N) is 1. The molecule has 292 valence electrons. The van der Waals surface area contributed by atoms with Crippen LogP contribution in [0, 0.1) is 5.41 Å². The van der Waals surface area contributed by atoms with Crippen molar-refractivity contribution in [2.45, 2.75) is 0 Å². The van der Waals surface area contributed by atoms with E-state index in [4.69, 9.17) is 15.5 Å². The van der Waals surface area contributed by atoms with E-state index in [1.54, 1.807) is 0 Å². The van der Waals surface area contributed by atoms with Gasteiger partial charge in [0.2, 0.25) is 0 Å². The third-order valence-electron chi connectivity index (χ3n) is 11.6. The second-order valence-corrected chi connectivity index (χ2v) is 16.4. The molecule has 0 bridgehead atoms. The summed E-state index contributed by atoms with van der Waals surface area (Å²) in [6, 6.07) is 73.9. The molecule has 0 unspecified atom stereocenters. The first kappa shape index (κ1) is 37.0. The quantitative estimate of drug-likeness (QED) is 0.145. The van der Waals surface area contributed by atoms with Gasteiger partial charge in [-0.3, -0.25) is 4.99 Å². The van der Waals surface area contributed by atoms with Crippen LogP contribution in [-0.2, 0) is 0 Å². The third-order valence-corrected chi connectivity index (χ3v) is 12.8. The largest absolute Gasteiger partial charge is 0.300 e. The number of nitrogens with zero attached hydrogens (tertiary/aromatic N) is 3. The van der Waals surface area contributed by atoms with Gasteiger partial charge in [-0.2, -0.15) is 5.10 Å². The molecule has 0 saturated carbocycles. The Morgan fingerprint density at radius 2 is 1.16 bits per heavy atom. The van der Waals surface area contributed by atoms with E-state index in [-0.39, 0.29) is 0 Å². The molecule has 5 heteroatoms. The Labute approximate surface area is 363 Å². The number of aliphatic imine (C=N–C) groups is 1. The SMILES string of the molecule is N=C(/C=C(\N=Cc1ccc(-c2c(-c3ccccc3)nn3c(-c4ccccc4)cc4ccccc4c23)cc1)c1ccc(-c2cccc3c2sc2ccccc23)cc1)c1ccccc1. The molecule has 3 heterocycles. The number of fused-ring (bicyclic) bond motifs is 6. The van der Waals surface area contributed by atoms with Crippen LogP contribution in [0.5, 0.6) is 0 Å². The summed E-state index contributed by atoms with van der Waals surface area (Å²) in [7, 11) is 0. The van der Waals surface area contributed by atoms with Gasteiger partial charge in [0, 0.05) is 54.0 Å². The molecule has 0 aliphatic heterocycles. The van der Waals surface area contributed by atoms with Gasteiger partial charge < -0.3 is 5.41 Å². The Bertz CT molecular complexity index is 3490. The summed E-state index contributed by atoms with van der Waals surface area (Å²) in [5.74, 6) is 0. The van der Waals surface area contributed by atoms with Crippen molar-refractivity contribution < 1.29 is 0 Å². The molecule has 0 amide bonds. The summed E-state index contributed by atoms with van der Waals surface area (Å²) >= 11 is 1.84. The first-order chi connectivity index (χ1) is 30.7. The first-order valence-electron chi connectivity index (χ1n) is 20.7. The van der Waals surface area contributed by atoms with E-state index in [2.05, 4.69) is 174 Å². The first-order valence-corrected chi connectivity index (χ1v) is 21.5. The normalized spacial score (nSPS) is 12.0. The molecule has 0 fully saturated rings. The smallest absolute Gasteiger partial charge is 0.101 e. The Hall–Kier alpha value is -7.99. The maximum atomic E-state index is 9.05. The Morgan fingerprint density at radius 3 is 1.92 bits per heavy atom. The van der Waals surface area contributed by atoms with Crippen LogP contribution in [0.25, 0.3) is 86.9 Å². The number of rotatable bonds is 9. The number of aromatic nitrogens is 2. The molecule has 0 spiro atoms. The highest BCUT2D eigenvalue weighted by atomic mass is 32.1. The van der Waals surface area contributed by atoms with Crippen LogP contribution >= 0.6 is 11.3 Å². The molecule has 8 aromatic carbocycles. The maximum absolute atomic E-state index is 9.05. The zero-order chi connectivity index (χ0) is 41.4. The van der Waals surface area contributed by atoms with Crippen LogP contribution < -0.4 is 0 Å². The molecule has 62 heavy (non-hydrogen) atoms. The van der Waals surface area contributed by atoms with Crippen LogP contribution in [0.1, 0.15) is 16.7 Å². The molecule has 0 atom stereocenters. The van der Waals surface area contributed by atoms with Crippen LogP contribution in [0.2, 0.25) is 0 Å². The van der Waals surface area contributed by atoms with E-state index < -0.39 is 0 Å². The van der Waals surface area contributed by atoms with Crippen molar-refractivity contribution in [1.29, 1.82) is 5.41 Å². The summed E-state index contributed by atoms with van der Waals surface area (Å²) in [6.07, 6.45) is 3.76. The molecular weight excluding hydrogens is 773 g/mol. The second kappa shape index (κ2) is 15.9. The maximum Gasteiger partial charge on any atom is 0.101 e. The summed E-state index contributed by atoms with van der Waals surface area (Å²) in [5, 5.41) is 19.3. The fourth-order valence-corrected chi connectivity index (χ4v) is 9.72. The van der Waals surface area contributed by atoms with E-state index in [1.807, 2.05) is 66.1 Å². The summed E-state index contributed by atoms with van der Waals surface area (Å²) in [5.41, 5.74) is 13.5. The Morgan fingerprint density at radius 1 is 0.532 bits per heavy atom. The van der Waals surface area contributed by atoms with Crippen molar-refractivity contribution >= 4 is 65.4 Å². The van der Waals surface area contributed by atoms with Gasteiger partial charge >= 0.3 is 0 Å². The van der Waals surface area contributed by atoms with Crippen LogP contribution in [-0.4, -0.2) is 21.5 Å². The number of thiophene rings is 1. The summed E-state index contributed by atoms with van der Waals surface area (Å²) in [4.78, 5) is 5.09. The highest BCUT2D eigenvalue weighted by molar-refractivity contribution is 7.26. The lowest BCUT2D eigenvalue weighted by Crippen LogP contribution is -1.96. The monoisotopic (exact) mass is 810 g/mol. The van der Waals surface area contributed by atoms with Crippen molar-refractivity contribution in [3.63, 3.8) is 0 Å². The van der Waals surface area contributed by atoms with E-state index in [0.29, 0.717) is 11.4 Å². The van der Waals surface area contributed by atoms with Gasteiger partial charge in [0.25, 0.3) is 0 Å². The highest BCUT2D eigenvalue weighted by Gasteiger charge is 2.21. The molecule has 0 aliphatic rings. The van der Waals surface area contributed by atoms with Crippen molar-refractivity contribution in [2.24, 2.45) is 4.99 Å². The zero-order valence-electron chi connectivity index (χ0n) is 33.6. The lowest BCUT2D eigenvalue weighted by molar-refractivity contribution is 0.979. The third kappa shape index (κ3) is 6.81. The average molecular weight is 811 g/mol. The van der Waals surface area contributed by atoms with Crippen molar-refractivity contribution in [2.75, 3.05) is 0 Å². The molecule has 3 aromatic heterocycles. The molecule has 11 rings (SSSR count). The standard InChI is InChI=1S/C57H38N4S/c58-50(40-15-4-1-5-16-40)36-51(41-33-31-39(32-34-41)47-24-14-25-49-48-23-12-13-26-53(48)62-57(47)49)59-37-38-27-29-43(30-28-38)54-55(44-19-8-3-9-20-44)60-61-52(42-17-6-2-7-18-42)35-45-21-10-11-22-46(45)56(54)61/h1-37,58H/b51-36-,58-50?,59-37?. The van der Waals surface area contributed by atoms with Gasteiger partial charge in [-0.1, -0.05) is 200 Å². The van der Waals surface area contributed by atoms with Crippen molar-refractivity contribution in [3.8, 4) is 44.8 Å². The average Bonchev–Trinajstić information content (AvgIpc) is 3.94. The second-order valence-electron chi connectivity index (χ2n) is 15.4. The Balaban J connectivity index is 0.988. The molecule has 11 aromatic rings. The van der Waals surface area contributed by atoms with E-state index in [1.165, 1.54) is 25.7 Å². The van der Waals surface area contributed by atoms with Crippen molar-refractivity contribution in [3.05, 3.63) is 235 Å². The van der Waals surface area contributed by atoms with Crippen LogP contribution in [0.3, 0.4) is 0 Å². The predicted octanol–water partition coefficient (Wildman–Crippen LogP) is 15.1. The molecule has 4 nitrogen and oxygen atoms in total. The summed E-state index contributed by atoms with van der Waals surface area (Å²) < 4.78 is 4.70. The van der Waals surface area contributed by atoms with Gasteiger partial charge in [0.15, 0.2) is 0 Å². The number of pyridine rings is 1. The van der Waals surface area contributed by atoms with Gasteiger partial charge in [-0.25, -0.2) is 4.52 Å². The van der Waals surface area contributed by atoms with E-state index in [9.17, 15) is 0 Å². The predicted molar refractivity (Wildman–Crippen MR) is 263 cm³/mol. The Kier molecular flexibility index (Phi) is 9.49. The van der Waals surface area contributed by atoms with Gasteiger partial charge in [-0.15, -0.1) is 11.3 Å². The molecule has 0 aliphatic carbocycles. The number of allylic oxidation sites excluding steroid dienone is 1. The molecule has 0 radical (unpaired) electrons. The highest BCUT2D eigenvalue weighted by Crippen LogP contribution is 2.42. The summed E-state index contributed by atoms with van der Waals surface area (Å²) in [6.45, 7) is 0. The van der Waals surface area contributed by atoms with Gasteiger partial charge in [0.1, 0.15) is 5.69 Å². The number of benzene rings is 8. The zero-order valence-corrected chi connectivity index (χ0v) is 34.4. The minimum absolute atomic E-state index is 0.399.